The van der Waals surface area contributed by atoms with Gasteiger partial charge in [-0.25, -0.2) is 14.9 Å². The minimum absolute atomic E-state index is 0.149. The van der Waals surface area contributed by atoms with Gasteiger partial charge in [-0.1, -0.05) is 18.2 Å². The van der Waals surface area contributed by atoms with E-state index in [1.807, 2.05) is 37.3 Å². The van der Waals surface area contributed by atoms with Crippen LogP contribution in [-0.4, -0.2) is 46.6 Å². The number of H-pyrrole nitrogens is 2. The molecule has 0 saturated heterocycles. The Balaban J connectivity index is 1.71. The van der Waals surface area contributed by atoms with E-state index >= 15 is 0 Å². The fourth-order valence-corrected chi connectivity index (χ4v) is 3.17. The Hall–Kier alpha value is -3.72. The number of benzene rings is 2. The summed E-state index contributed by atoms with van der Waals surface area (Å²) < 4.78 is 9.83. The Bertz CT molecular complexity index is 1260. The minimum atomic E-state index is -0.618. The first-order chi connectivity index (χ1) is 14.1. The van der Waals surface area contributed by atoms with Gasteiger partial charge in [0.2, 0.25) is 5.95 Å². The van der Waals surface area contributed by atoms with E-state index in [0.29, 0.717) is 17.7 Å². The maximum Gasteiger partial charge on any atom is 0.414 e. The quantitative estimate of drug-likeness (QED) is 0.448. The second-order valence-corrected chi connectivity index (χ2v) is 6.48. The van der Waals surface area contributed by atoms with E-state index < -0.39 is 6.09 Å². The molecule has 0 spiro atoms. The van der Waals surface area contributed by atoms with Crippen LogP contribution in [0, 0.1) is 6.92 Å². The number of rotatable bonds is 5. The number of aryl methyl sites for hydroxylation is 1. The van der Waals surface area contributed by atoms with Gasteiger partial charge in [-0.2, -0.15) is 5.10 Å². The lowest BCUT2D eigenvalue weighted by molar-refractivity contribution is 0.107. The van der Waals surface area contributed by atoms with Crippen molar-refractivity contribution < 1.29 is 14.3 Å². The predicted molar refractivity (Wildman–Crippen MR) is 109 cm³/mol. The lowest BCUT2D eigenvalue weighted by Crippen LogP contribution is -2.17. The SMILES string of the molecule is COCCOC(=O)Nc1nc2c(C)cc(-c3n[nH]c(=O)c4ccccc34)cc2[nH]1. The molecule has 0 aliphatic rings. The highest BCUT2D eigenvalue weighted by molar-refractivity contribution is 5.96. The fourth-order valence-electron chi connectivity index (χ4n) is 3.17. The van der Waals surface area contributed by atoms with Crippen molar-refractivity contribution in [1.29, 1.82) is 0 Å². The van der Waals surface area contributed by atoms with Crippen LogP contribution in [0.4, 0.5) is 10.7 Å². The zero-order valence-electron chi connectivity index (χ0n) is 15.9. The average molecular weight is 393 g/mol. The highest BCUT2D eigenvalue weighted by Gasteiger charge is 2.14. The smallest absolute Gasteiger partial charge is 0.414 e. The van der Waals surface area contributed by atoms with Crippen molar-refractivity contribution in [2.75, 3.05) is 25.6 Å². The molecule has 9 nitrogen and oxygen atoms in total. The molecule has 0 atom stereocenters. The third kappa shape index (κ3) is 3.67. The molecule has 29 heavy (non-hydrogen) atoms. The van der Waals surface area contributed by atoms with Crippen molar-refractivity contribution in [2.45, 2.75) is 6.92 Å². The predicted octanol–water partition coefficient (Wildman–Crippen LogP) is 2.97. The number of carbonyl (C=O) groups is 1. The Kier molecular flexibility index (Phi) is 4.96. The molecule has 0 bridgehead atoms. The van der Waals surface area contributed by atoms with Gasteiger partial charge < -0.3 is 14.5 Å². The van der Waals surface area contributed by atoms with E-state index in [9.17, 15) is 9.59 Å². The van der Waals surface area contributed by atoms with Crippen molar-refractivity contribution in [3.05, 3.63) is 52.3 Å². The lowest BCUT2D eigenvalue weighted by Gasteiger charge is -2.06. The van der Waals surface area contributed by atoms with Gasteiger partial charge in [0, 0.05) is 18.1 Å². The molecular weight excluding hydrogens is 374 g/mol. The summed E-state index contributed by atoms with van der Waals surface area (Å²) in [5.41, 5.74) is 3.58. The summed E-state index contributed by atoms with van der Waals surface area (Å²) in [4.78, 5) is 31.4. The third-order valence-corrected chi connectivity index (χ3v) is 4.49. The summed E-state index contributed by atoms with van der Waals surface area (Å²) >= 11 is 0. The number of hydrogen-bond donors (Lipinski definition) is 3. The first-order valence-electron chi connectivity index (χ1n) is 8.97. The van der Waals surface area contributed by atoms with E-state index in [1.54, 1.807) is 6.07 Å². The Morgan fingerprint density at radius 2 is 1.97 bits per heavy atom. The van der Waals surface area contributed by atoms with E-state index in [0.717, 1.165) is 27.5 Å². The monoisotopic (exact) mass is 393 g/mol. The number of nitrogens with one attached hydrogen (secondary N) is 3. The van der Waals surface area contributed by atoms with Crippen LogP contribution < -0.4 is 10.9 Å². The molecule has 3 N–H and O–H groups in total. The molecule has 2 heterocycles. The van der Waals surface area contributed by atoms with Crippen LogP contribution in [0.25, 0.3) is 33.1 Å². The Morgan fingerprint density at radius 3 is 2.76 bits per heavy atom. The molecule has 2 aromatic heterocycles. The number of nitrogens with zero attached hydrogens (tertiary/aromatic N) is 2. The Labute approximate surface area is 165 Å². The van der Waals surface area contributed by atoms with Gasteiger partial charge in [-0.3, -0.25) is 10.1 Å². The normalized spacial score (nSPS) is 11.1. The summed E-state index contributed by atoms with van der Waals surface area (Å²) in [6, 6.07) is 11.1. The number of hydrogen-bond acceptors (Lipinski definition) is 6. The second kappa shape index (κ2) is 7.72. The molecule has 0 unspecified atom stereocenters. The van der Waals surface area contributed by atoms with Crippen molar-refractivity contribution >= 4 is 33.8 Å². The number of methoxy groups -OCH3 is 1. The number of ether oxygens (including phenoxy) is 2. The van der Waals surface area contributed by atoms with Crippen LogP contribution in [0.1, 0.15) is 5.56 Å². The van der Waals surface area contributed by atoms with Crippen LogP contribution in [0.2, 0.25) is 0 Å². The van der Waals surface area contributed by atoms with Crippen LogP contribution in [0.5, 0.6) is 0 Å². The van der Waals surface area contributed by atoms with Gasteiger partial charge in [-0.05, 0) is 30.7 Å². The van der Waals surface area contributed by atoms with E-state index in [1.165, 1.54) is 7.11 Å². The number of carbonyl (C=O) groups excluding carboxylic acids is 1. The van der Waals surface area contributed by atoms with E-state index in [-0.39, 0.29) is 18.1 Å². The van der Waals surface area contributed by atoms with Crippen molar-refractivity contribution in [3.63, 3.8) is 0 Å². The average Bonchev–Trinajstić information content (AvgIpc) is 3.11. The molecule has 0 aliphatic carbocycles. The van der Waals surface area contributed by atoms with Crippen LogP contribution >= 0.6 is 0 Å². The standard InChI is InChI=1S/C20H19N5O4/c1-11-9-12(17-13-5-3-4-6-14(13)18(26)25-24-17)10-15-16(11)22-19(21-15)23-20(27)29-8-7-28-2/h3-6,9-10H,7-8H2,1-2H3,(H,25,26)(H2,21,22,23,27). The summed E-state index contributed by atoms with van der Waals surface area (Å²) in [5.74, 6) is 0.280. The molecule has 2 aromatic carbocycles. The van der Waals surface area contributed by atoms with Crippen molar-refractivity contribution in [1.82, 2.24) is 20.2 Å². The van der Waals surface area contributed by atoms with Gasteiger partial charge in [0.05, 0.1) is 28.7 Å². The largest absolute Gasteiger partial charge is 0.447 e. The zero-order chi connectivity index (χ0) is 20.4. The number of imidazole rings is 1. The first kappa shape index (κ1) is 18.6. The Morgan fingerprint density at radius 1 is 1.17 bits per heavy atom. The molecule has 0 saturated carbocycles. The van der Waals surface area contributed by atoms with E-state index in [4.69, 9.17) is 9.47 Å². The molecule has 0 aliphatic heterocycles. The van der Waals surface area contributed by atoms with Crippen molar-refractivity contribution in [2.24, 2.45) is 0 Å². The molecule has 9 heteroatoms. The molecule has 4 rings (SSSR count). The summed E-state index contributed by atoms with van der Waals surface area (Å²) in [7, 11) is 1.53. The number of amides is 1. The topological polar surface area (TPSA) is 122 Å². The first-order valence-corrected chi connectivity index (χ1v) is 8.97. The second-order valence-electron chi connectivity index (χ2n) is 6.48. The zero-order valence-corrected chi connectivity index (χ0v) is 15.9. The summed E-state index contributed by atoms with van der Waals surface area (Å²) in [5, 5.41) is 10.7. The minimum Gasteiger partial charge on any atom is -0.447 e. The lowest BCUT2D eigenvalue weighted by atomic mass is 10.0. The molecule has 0 radical (unpaired) electrons. The molecular formula is C20H19N5O4. The molecule has 1 amide bonds. The molecule has 0 fully saturated rings. The highest BCUT2D eigenvalue weighted by atomic mass is 16.6. The van der Waals surface area contributed by atoms with Crippen LogP contribution in [-0.2, 0) is 9.47 Å². The summed E-state index contributed by atoms with van der Waals surface area (Å²) in [6.07, 6.45) is -0.618. The maximum absolute atomic E-state index is 12.0. The number of aromatic amines is 2. The van der Waals surface area contributed by atoms with E-state index in [2.05, 4.69) is 25.5 Å². The van der Waals surface area contributed by atoms with Crippen LogP contribution in [0.3, 0.4) is 0 Å². The van der Waals surface area contributed by atoms with Gasteiger partial charge in [0.25, 0.3) is 5.56 Å². The highest BCUT2D eigenvalue weighted by Crippen LogP contribution is 2.29. The number of anilines is 1. The maximum atomic E-state index is 12.0. The van der Waals surface area contributed by atoms with Gasteiger partial charge in [0.15, 0.2) is 0 Å². The van der Waals surface area contributed by atoms with Gasteiger partial charge in [-0.15, -0.1) is 0 Å². The number of fused-ring (bicyclic) bond motifs is 2. The molecule has 4 aromatic rings. The number of aromatic nitrogens is 4. The van der Waals surface area contributed by atoms with Gasteiger partial charge in [0.1, 0.15) is 6.61 Å². The van der Waals surface area contributed by atoms with Crippen molar-refractivity contribution in [3.8, 4) is 11.3 Å². The summed E-state index contributed by atoms with van der Waals surface area (Å²) in [6.45, 7) is 2.38. The fraction of sp³-hybridized carbons (Fsp3) is 0.200. The van der Waals surface area contributed by atoms with Crippen LogP contribution in [0.15, 0.2) is 41.2 Å². The molecule has 148 valence electrons. The van der Waals surface area contributed by atoms with Gasteiger partial charge >= 0.3 is 6.09 Å². The third-order valence-electron chi connectivity index (χ3n) is 4.49.